The van der Waals surface area contributed by atoms with Crippen molar-refractivity contribution in [2.75, 3.05) is 0 Å². The quantitative estimate of drug-likeness (QED) is 0.368. The molecule has 1 aliphatic rings. The van der Waals surface area contributed by atoms with Crippen molar-refractivity contribution in [1.82, 2.24) is 5.32 Å². The summed E-state index contributed by atoms with van der Waals surface area (Å²) in [5, 5.41) is 2.36. The van der Waals surface area contributed by atoms with Gasteiger partial charge in [-0.25, -0.2) is 0 Å². The van der Waals surface area contributed by atoms with E-state index in [1.54, 1.807) is 0 Å². The van der Waals surface area contributed by atoms with Crippen molar-refractivity contribution in [1.29, 1.82) is 0 Å². The third-order valence-corrected chi connectivity index (χ3v) is 1.58. The summed E-state index contributed by atoms with van der Waals surface area (Å²) in [6, 6.07) is 0. The fraction of sp³-hybridized carbons (Fsp3) is 0.667. The van der Waals surface area contributed by atoms with Crippen molar-refractivity contribution in [2.24, 2.45) is 5.73 Å². The maximum Gasteiger partial charge on any atom is 0.304 e. The summed E-state index contributed by atoms with van der Waals surface area (Å²) in [5.74, 6) is -0.754. The highest BCUT2D eigenvalue weighted by atomic mass is 16.6. The highest BCUT2D eigenvalue weighted by Crippen LogP contribution is 2.17. The first-order valence-electron chi connectivity index (χ1n) is 3.21. The Balaban J connectivity index is 2.53. The number of nitrogens with two attached hydrogens (primary N) is 1. The fourth-order valence-corrected chi connectivity index (χ4v) is 0.784. The molecule has 1 rings (SSSR count). The standard InChI is InChI=1S/C6H10N2O3/c1-3(9)11-5-6(2,7)4(10)8-5/h5H,7H2,1-2H3,(H,8,10). The molecule has 0 saturated carbocycles. The molecule has 0 aromatic rings. The molecule has 1 heterocycles. The molecule has 2 atom stereocenters. The molecule has 0 aliphatic carbocycles. The molecule has 5 heteroatoms. The zero-order valence-corrected chi connectivity index (χ0v) is 6.38. The maximum atomic E-state index is 10.7. The van der Waals surface area contributed by atoms with E-state index in [0.717, 1.165) is 0 Å². The molecule has 5 nitrogen and oxygen atoms in total. The van der Waals surface area contributed by atoms with E-state index in [4.69, 9.17) is 5.73 Å². The van der Waals surface area contributed by atoms with Crippen LogP contribution in [0.5, 0.6) is 0 Å². The number of rotatable bonds is 1. The van der Waals surface area contributed by atoms with E-state index in [1.807, 2.05) is 0 Å². The molecule has 1 aliphatic heterocycles. The number of amides is 1. The minimum Gasteiger partial charge on any atom is -0.439 e. The van der Waals surface area contributed by atoms with Crippen LogP contribution in [0.25, 0.3) is 0 Å². The third kappa shape index (κ3) is 1.19. The number of β-lactam (4-membered cyclic amide) rings is 1. The molecule has 3 N–H and O–H groups in total. The number of carbonyl (C=O) groups is 2. The molecule has 0 bridgehead atoms. The van der Waals surface area contributed by atoms with Gasteiger partial charge >= 0.3 is 5.97 Å². The van der Waals surface area contributed by atoms with Crippen molar-refractivity contribution in [3.63, 3.8) is 0 Å². The van der Waals surface area contributed by atoms with Crippen LogP contribution in [0.2, 0.25) is 0 Å². The van der Waals surface area contributed by atoms with Gasteiger partial charge in [0.2, 0.25) is 12.1 Å². The average molecular weight is 158 g/mol. The minimum absolute atomic E-state index is 0.302. The van der Waals surface area contributed by atoms with Crippen molar-refractivity contribution in [2.45, 2.75) is 25.6 Å². The van der Waals surface area contributed by atoms with Crippen molar-refractivity contribution < 1.29 is 14.3 Å². The van der Waals surface area contributed by atoms with E-state index in [2.05, 4.69) is 10.1 Å². The number of hydrogen-bond acceptors (Lipinski definition) is 4. The van der Waals surface area contributed by atoms with Gasteiger partial charge in [-0.2, -0.15) is 0 Å². The molecule has 11 heavy (non-hydrogen) atoms. The van der Waals surface area contributed by atoms with Crippen LogP contribution in [0.3, 0.4) is 0 Å². The Morgan fingerprint density at radius 1 is 1.82 bits per heavy atom. The van der Waals surface area contributed by atoms with E-state index < -0.39 is 17.7 Å². The van der Waals surface area contributed by atoms with Crippen LogP contribution in [0, 0.1) is 0 Å². The molecule has 2 unspecified atom stereocenters. The molecule has 62 valence electrons. The Kier molecular flexibility index (Phi) is 1.60. The molecule has 0 radical (unpaired) electrons. The second kappa shape index (κ2) is 2.20. The van der Waals surface area contributed by atoms with Crippen LogP contribution in [0.1, 0.15) is 13.8 Å². The average Bonchev–Trinajstić information content (AvgIpc) is 1.87. The van der Waals surface area contributed by atoms with Crippen molar-refractivity contribution in [3.05, 3.63) is 0 Å². The van der Waals surface area contributed by atoms with E-state index in [-0.39, 0.29) is 5.91 Å². The lowest BCUT2D eigenvalue weighted by molar-refractivity contribution is -0.168. The van der Waals surface area contributed by atoms with E-state index >= 15 is 0 Å². The van der Waals surface area contributed by atoms with Gasteiger partial charge in [-0.1, -0.05) is 0 Å². The number of ether oxygens (including phenoxy) is 1. The largest absolute Gasteiger partial charge is 0.439 e. The van der Waals surface area contributed by atoms with Crippen molar-refractivity contribution in [3.8, 4) is 0 Å². The predicted molar refractivity (Wildman–Crippen MR) is 36.3 cm³/mol. The van der Waals surface area contributed by atoms with Gasteiger partial charge in [0, 0.05) is 6.92 Å². The highest BCUT2D eigenvalue weighted by molar-refractivity contribution is 5.93. The van der Waals surface area contributed by atoms with Gasteiger partial charge in [-0.15, -0.1) is 0 Å². The second-order valence-corrected chi connectivity index (χ2v) is 2.75. The molecule has 1 fully saturated rings. The zero-order valence-electron chi connectivity index (χ0n) is 6.38. The Bertz CT molecular complexity index is 212. The summed E-state index contributed by atoms with van der Waals surface area (Å²) in [7, 11) is 0. The maximum absolute atomic E-state index is 10.7. The topological polar surface area (TPSA) is 81.4 Å². The molecular formula is C6H10N2O3. The summed E-state index contributed by atoms with van der Waals surface area (Å²) in [5.41, 5.74) is 4.40. The molecule has 0 aromatic carbocycles. The number of carbonyl (C=O) groups excluding carboxylic acids is 2. The fourth-order valence-electron chi connectivity index (χ4n) is 0.784. The normalized spacial score (nSPS) is 35.5. The SMILES string of the molecule is CC(=O)OC1NC(=O)C1(C)N. The summed E-state index contributed by atoms with van der Waals surface area (Å²) >= 11 is 0. The lowest BCUT2D eigenvalue weighted by Crippen LogP contribution is -2.76. The Hall–Kier alpha value is -1.10. The molecule has 1 amide bonds. The van der Waals surface area contributed by atoms with Crippen LogP contribution < -0.4 is 11.1 Å². The second-order valence-electron chi connectivity index (χ2n) is 2.75. The lowest BCUT2D eigenvalue weighted by Gasteiger charge is -2.41. The van der Waals surface area contributed by atoms with Gasteiger partial charge in [0.15, 0.2) is 0 Å². The van der Waals surface area contributed by atoms with Gasteiger partial charge in [0.25, 0.3) is 0 Å². The van der Waals surface area contributed by atoms with Crippen LogP contribution >= 0.6 is 0 Å². The predicted octanol–water partition coefficient (Wildman–Crippen LogP) is -1.28. The van der Waals surface area contributed by atoms with E-state index in [1.165, 1.54) is 13.8 Å². The molecule has 0 aromatic heterocycles. The van der Waals surface area contributed by atoms with Crippen LogP contribution in [-0.2, 0) is 14.3 Å². The lowest BCUT2D eigenvalue weighted by atomic mass is 9.92. The highest BCUT2D eigenvalue weighted by Gasteiger charge is 2.50. The number of esters is 1. The van der Waals surface area contributed by atoms with E-state index in [9.17, 15) is 9.59 Å². The summed E-state index contributed by atoms with van der Waals surface area (Å²) < 4.78 is 4.68. The summed E-state index contributed by atoms with van der Waals surface area (Å²) in [6.07, 6.45) is -0.674. The summed E-state index contributed by atoms with van der Waals surface area (Å²) in [6.45, 7) is 2.78. The first-order chi connectivity index (χ1) is 4.94. The minimum atomic E-state index is -1.06. The van der Waals surface area contributed by atoms with Gasteiger partial charge < -0.3 is 15.8 Å². The van der Waals surface area contributed by atoms with Gasteiger partial charge in [-0.05, 0) is 6.92 Å². The summed E-state index contributed by atoms with van der Waals surface area (Å²) in [4.78, 5) is 21.1. The molecule has 0 spiro atoms. The van der Waals surface area contributed by atoms with E-state index in [0.29, 0.717) is 0 Å². The van der Waals surface area contributed by atoms with Crippen LogP contribution in [0.15, 0.2) is 0 Å². The zero-order chi connectivity index (χ0) is 8.65. The van der Waals surface area contributed by atoms with Crippen molar-refractivity contribution >= 4 is 11.9 Å². The van der Waals surface area contributed by atoms with Gasteiger partial charge in [0.1, 0.15) is 5.54 Å². The van der Waals surface area contributed by atoms with Crippen LogP contribution in [0.4, 0.5) is 0 Å². The Morgan fingerprint density at radius 3 is 2.64 bits per heavy atom. The first kappa shape index (κ1) is 8.00. The Labute approximate surface area is 63.9 Å². The monoisotopic (exact) mass is 158 g/mol. The van der Waals surface area contributed by atoms with Gasteiger partial charge in [0.05, 0.1) is 0 Å². The number of hydrogen-bond donors (Lipinski definition) is 2. The third-order valence-electron chi connectivity index (χ3n) is 1.58. The van der Waals surface area contributed by atoms with Gasteiger partial charge in [-0.3, -0.25) is 9.59 Å². The molecule has 1 saturated heterocycles. The smallest absolute Gasteiger partial charge is 0.304 e. The number of nitrogens with one attached hydrogen (secondary N) is 1. The first-order valence-corrected chi connectivity index (χ1v) is 3.21. The van der Waals surface area contributed by atoms with Crippen LogP contribution in [-0.4, -0.2) is 23.6 Å². The molecular weight excluding hydrogens is 148 g/mol. The Morgan fingerprint density at radius 2 is 2.36 bits per heavy atom.